The summed E-state index contributed by atoms with van der Waals surface area (Å²) in [6.45, 7) is 2.00. The maximum absolute atomic E-state index is 11.8. The highest BCUT2D eigenvalue weighted by Crippen LogP contribution is 2.16. The molecule has 1 aromatic carbocycles. The van der Waals surface area contributed by atoms with Crippen LogP contribution in [0.1, 0.15) is 24.1 Å². The normalized spacial score (nSPS) is 12.9. The summed E-state index contributed by atoms with van der Waals surface area (Å²) in [5.74, 6) is 0. The molecule has 0 radical (unpaired) electrons. The number of aryl methyl sites for hydroxylation is 1. The lowest BCUT2D eigenvalue weighted by atomic mass is 10.1. The molecule has 0 heterocycles. The lowest BCUT2D eigenvalue weighted by Gasteiger charge is -2.15. The van der Waals surface area contributed by atoms with Crippen molar-refractivity contribution in [3.63, 3.8) is 0 Å². The zero-order chi connectivity index (χ0) is 13.8. The standard InChI is InChI=1S/C12H14F3NO2/c1-8-3-5-10(6-4-8)9(2)16-11(17)18-7-12(13,14)15/h3-6,9H,7H2,1-2H3,(H,16,17)/t9-/m0/s1. The third-order valence-corrected chi connectivity index (χ3v) is 2.28. The Hall–Kier alpha value is -1.72. The van der Waals surface area contributed by atoms with Crippen molar-refractivity contribution < 1.29 is 22.7 Å². The Kier molecular flexibility index (Phi) is 4.58. The first-order valence-electron chi connectivity index (χ1n) is 5.34. The van der Waals surface area contributed by atoms with Gasteiger partial charge in [-0.25, -0.2) is 4.79 Å². The van der Waals surface area contributed by atoms with Crippen LogP contribution in [0.3, 0.4) is 0 Å². The van der Waals surface area contributed by atoms with Crippen LogP contribution in [-0.2, 0) is 4.74 Å². The molecule has 0 unspecified atom stereocenters. The Balaban J connectivity index is 2.47. The molecule has 0 aliphatic heterocycles. The highest BCUT2D eigenvalue weighted by Gasteiger charge is 2.29. The van der Waals surface area contributed by atoms with Gasteiger partial charge in [-0.2, -0.15) is 13.2 Å². The summed E-state index contributed by atoms with van der Waals surface area (Å²) in [5.41, 5.74) is 1.86. The van der Waals surface area contributed by atoms with E-state index < -0.39 is 24.9 Å². The van der Waals surface area contributed by atoms with Gasteiger partial charge in [0.15, 0.2) is 6.61 Å². The fraction of sp³-hybridized carbons (Fsp3) is 0.417. The second-order valence-corrected chi connectivity index (χ2v) is 3.97. The molecule has 1 amide bonds. The molecule has 100 valence electrons. The second kappa shape index (κ2) is 5.75. The summed E-state index contributed by atoms with van der Waals surface area (Å²) in [6.07, 6.45) is -5.59. The molecule has 1 N–H and O–H groups in total. The predicted molar refractivity (Wildman–Crippen MR) is 60.1 cm³/mol. The van der Waals surface area contributed by atoms with E-state index >= 15 is 0 Å². The number of alkyl halides is 3. The van der Waals surface area contributed by atoms with Crippen LogP contribution < -0.4 is 5.32 Å². The van der Waals surface area contributed by atoms with E-state index in [-0.39, 0.29) is 0 Å². The zero-order valence-corrected chi connectivity index (χ0v) is 10.0. The molecule has 6 heteroatoms. The van der Waals surface area contributed by atoms with Gasteiger partial charge in [-0.3, -0.25) is 0 Å². The number of rotatable bonds is 3. The van der Waals surface area contributed by atoms with Crippen molar-refractivity contribution in [1.82, 2.24) is 5.32 Å². The van der Waals surface area contributed by atoms with E-state index in [0.29, 0.717) is 0 Å². The topological polar surface area (TPSA) is 38.3 Å². The summed E-state index contributed by atoms with van der Waals surface area (Å²) in [5, 5.41) is 2.33. The first kappa shape index (κ1) is 14.3. The van der Waals surface area contributed by atoms with Crippen LogP contribution in [0, 0.1) is 6.92 Å². The van der Waals surface area contributed by atoms with Crippen LogP contribution in [0.4, 0.5) is 18.0 Å². The van der Waals surface area contributed by atoms with Gasteiger partial charge in [0.05, 0.1) is 6.04 Å². The molecule has 1 atom stereocenters. The SMILES string of the molecule is Cc1ccc([C@H](C)NC(=O)OCC(F)(F)F)cc1. The maximum Gasteiger partial charge on any atom is 0.422 e. The fourth-order valence-electron chi connectivity index (χ4n) is 1.30. The number of carbonyl (C=O) groups excluding carboxylic acids is 1. The van der Waals surface area contributed by atoms with Crippen LogP contribution in [-0.4, -0.2) is 18.9 Å². The Morgan fingerprint density at radius 1 is 1.33 bits per heavy atom. The summed E-state index contributed by atoms with van der Waals surface area (Å²) in [4.78, 5) is 11.1. The molecule has 0 bridgehead atoms. The third kappa shape index (κ3) is 5.07. The summed E-state index contributed by atoms with van der Waals surface area (Å²) in [7, 11) is 0. The number of hydrogen-bond donors (Lipinski definition) is 1. The fourth-order valence-corrected chi connectivity index (χ4v) is 1.30. The van der Waals surface area contributed by atoms with Crippen molar-refractivity contribution in [2.45, 2.75) is 26.1 Å². The number of ether oxygens (including phenoxy) is 1. The van der Waals surface area contributed by atoms with E-state index in [2.05, 4.69) is 10.1 Å². The van der Waals surface area contributed by atoms with Crippen molar-refractivity contribution >= 4 is 6.09 Å². The number of hydrogen-bond acceptors (Lipinski definition) is 2. The quantitative estimate of drug-likeness (QED) is 0.906. The molecule has 0 aliphatic carbocycles. The highest BCUT2D eigenvalue weighted by molar-refractivity contribution is 5.67. The second-order valence-electron chi connectivity index (χ2n) is 3.97. The van der Waals surface area contributed by atoms with Gasteiger partial charge >= 0.3 is 12.3 Å². The van der Waals surface area contributed by atoms with Gasteiger partial charge < -0.3 is 10.1 Å². The van der Waals surface area contributed by atoms with Crippen LogP contribution in [0.2, 0.25) is 0 Å². The van der Waals surface area contributed by atoms with Gasteiger partial charge in [0.25, 0.3) is 0 Å². The van der Waals surface area contributed by atoms with Gasteiger partial charge in [0, 0.05) is 0 Å². The lowest BCUT2D eigenvalue weighted by Crippen LogP contribution is -2.30. The minimum absolute atomic E-state index is 0.411. The van der Waals surface area contributed by atoms with Gasteiger partial charge in [-0.05, 0) is 19.4 Å². The molecular weight excluding hydrogens is 247 g/mol. The minimum atomic E-state index is -4.51. The monoisotopic (exact) mass is 261 g/mol. The van der Waals surface area contributed by atoms with Crippen molar-refractivity contribution in [1.29, 1.82) is 0 Å². The van der Waals surface area contributed by atoms with E-state index in [4.69, 9.17) is 0 Å². The molecule has 0 aliphatic rings. The smallest absolute Gasteiger partial charge is 0.422 e. The number of carbonyl (C=O) groups is 1. The molecule has 1 aromatic rings. The van der Waals surface area contributed by atoms with Gasteiger partial charge in [-0.15, -0.1) is 0 Å². The molecule has 1 rings (SSSR count). The van der Waals surface area contributed by atoms with Crippen molar-refractivity contribution in [3.05, 3.63) is 35.4 Å². The number of amides is 1. The molecule has 0 spiro atoms. The van der Waals surface area contributed by atoms with Gasteiger partial charge in [-0.1, -0.05) is 29.8 Å². The molecule has 0 saturated carbocycles. The molecule has 3 nitrogen and oxygen atoms in total. The average molecular weight is 261 g/mol. The van der Waals surface area contributed by atoms with Crippen molar-refractivity contribution in [2.75, 3.05) is 6.61 Å². The zero-order valence-electron chi connectivity index (χ0n) is 10.0. The molecule has 0 saturated heterocycles. The average Bonchev–Trinajstić information content (AvgIpc) is 2.26. The van der Waals surface area contributed by atoms with E-state index in [1.54, 1.807) is 19.1 Å². The number of nitrogens with one attached hydrogen (secondary N) is 1. The molecule has 0 aromatic heterocycles. The van der Waals surface area contributed by atoms with Gasteiger partial charge in [0.2, 0.25) is 0 Å². The van der Waals surface area contributed by atoms with Crippen molar-refractivity contribution in [2.24, 2.45) is 0 Å². The van der Waals surface area contributed by atoms with Crippen LogP contribution in [0.5, 0.6) is 0 Å². The predicted octanol–water partition coefficient (Wildman–Crippen LogP) is 3.34. The molecule has 18 heavy (non-hydrogen) atoms. The van der Waals surface area contributed by atoms with Crippen LogP contribution in [0.25, 0.3) is 0 Å². The highest BCUT2D eigenvalue weighted by atomic mass is 19.4. The van der Waals surface area contributed by atoms with E-state index in [1.807, 2.05) is 19.1 Å². The third-order valence-electron chi connectivity index (χ3n) is 2.28. The van der Waals surface area contributed by atoms with Crippen LogP contribution in [0.15, 0.2) is 24.3 Å². The van der Waals surface area contributed by atoms with E-state index in [0.717, 1.165) is 11.1 Å². The number of halogens is 3. The first-order chi connectivity index (χ1) is 8.28. The maximum atomic E-state index is 11.8. The Morgan fingerprint density at radius 3 is 2.39 bits per heavy atom. The molecular formula is C12H14F3NO2. The Labute approximate surface area is 103 Å². The lowest BCUT2D eigenvalue weighted by molar-refractivity contribution is -0.160. The number of alkyl carbamates (subject to hydrolysis) is 1. The Bertz CT molecular complexity index is 401. The first-order valence-corrected chi connectivity index (χ1v) is 5.34. The van der Waals surface area contributed by atoms with Gasteiger partial charge in [0.1, 0.15) is 0 Å². The minimum Gasteiger partial charge on any atom is -0.440 e. The molecule has 0 fully saturated rings. The van der Waals surface area contributed by atoms with E-state index in [9.17, 15) is 18.0 Å². The summed E-state index contributed by atoms with van der Waals surface area (Å²) in [6, 6.07) is 6.89. The Morgan fingerprint density at radius 2 is 1.89 bits per heavy atom. The summed E-state index contributed by atoms with van der Waals surface area (Å²) >= 11 is 0. The number of benzene rings is 1. The largest absolute Gasteiger partial charge is 0.440 e. The van der Waals surface area contributed by atoms with Crippen LogP contribution >= 0.6 is 0 Å². The van der Waals surface area contributed by atoms with E-state index in [1.165, 1.54) is 0 Å². The summed E-state index contributed by atoms with van der Waals surface area (Å²) < 4.78 is 39.5. The van der Waals surface area contributed by atoms with Crippen molar-refractivity contribution in [3.8, 4) is 0 Å².